The highest BCUT2D eigenvalue weighted by atomic mass is 16.5. The van der Waals surface area contributed by atoms with Gasteiger partial charge in [0, 0.05) is 45.1 Å². The first-order valence-electron chi connectivity index (χ1n) is 13.6. The van der Waals surface area contributed by atoms with Gasteiger partial charge in [0.15, 0.2) is 0 Å². The first-order valence-corrected chi connectivity index (χ1v) is 13.6. The Bertz CT molecular complexity index is 1310. The van der Waals surface area contributed by atoms with Crippen LogP contribution in [0.1, 0.15) is 43.6 Å². The number of carbonyl (C=O) groups is 2. The van der Waals surface area contributed by atoms with Crippen LogP contribution in [0.3, 0.4) is 0 Å². The quantitative estimate of drug-likeness (QED) is 0.251. The van der Waals surface area contributed by atoms with E-state index in [1.54, 1.807) is 45.7 Å². The number of carbonyl (C=O) groups excluding carboxylic acids is 2. The number of fused-ring (bicyclic) bond motifs is 1. The Hall–Kier alpha value is -4.21. The number of anilines is 2. The van der Waals surface area contributed by atoms with Crippen LogP contribution < -0.4 is 10.6 Å². The van der Waals surface area contributed by atoms with Crippen LogP contribution in [-0.4, -0.2) is 67.3 Å². The number of nitrogens with one attached hydrogen (secondary N) is 2. The molecule has 1 aliphatic heterocycles. The largest absolute Gasteiger partial charge is 0.504 e. The molecule has 1 aliphatic rings. The highest BCUT2D eigenvalue weighted by molar-refractivity contribution is 6.05. The van der Waals surface area contributed by atoms with E-state index in [9.17, 15) is 14.7 Å². The minimum Gasteiger partial charge on any atom is -0.504 e. The predicted molar refractivity (Wildman–Crippen MR) is 165 cm³/mol. The van der Waals surface area contributed by atoms with Crippen molar-refractivity contribution in [2.75, 3.05) is 45.1 Å². The normalized spacial score (nSPS) is 13.5. The van der Waals surface area contributed by atoms with Crippen LogP contribution in [0.5, 0.6) is 0 Å². The Morgan fingerprint density at radius 3 is 2.61 bits per heavy atom. The van der Waals surface area contributed by atoms with E-state index in [2.05, 4.69) is 28.6 Å². The van der Waals surface area contributed by atoms with Gasteiger partial charge in [0.05, 0.1) is 30.7 Å². The fourth-order valence-corrected chi connectivity index (χ4v) is 4.10. The number of likely N-dealkylation sites (N-methyl/N-ethyl adjacent to an activating group) is 1. The molecule has 9 heteroatoms. The number of aromatic nitrogens is 1. The summed E-state index contributed by atoms with van der Waals surface area (Å²) in [7, 11) is 4.65. The van der Waals surface area contributed by atoms with Gasteiger partial charge in [-0.25, -0.2) is 4.98 Å². The molecule has 41 heavy (non-hydrogen) atoms. The number of aliphatic hydroxyl groups excluding tert-OH is 1. The van der Waals surface area contributed by atoms with Gasteiger partial charge in [0.25, 0.3) is 5.91 Å². The number of ether oxygens (including phenoxy) is 2. The molecule has 2 aromatic rings. The monoisotopic (exact) mass is 562 g/mol. The maximum absolute atomic E-state index is 13.3. The average Bonchev–Trinajstić information content (AvgIpc) is 2.97. The molecule has 1 aromatic carbocycles. The maximum atomic E-state index is 13.3. The van der Waals surface area contributed by atoms with Crippen LogP contribution in [0.2, 0.25) is 0 Å². The lowest BCUT2D eigenvalue weighted by Gasteiger charge is -2.22. The van der Waals surface area contributed by atoms with Crippen molar-refractivity contribution in [3.63, 3.8) is 0 Å². The van der Waals surface area contributed by atoms with Gasteiger partial charge in [-0.05, 0) is 60.4 Å². The Kier molecular flexibility index (Phi) is 13.5. The molecular formula is C32H42N4O5. The van der Waals surface area contributed by atoms with E-state index < -0.39 is 6.10 Å². The highest BCUT2D eigenvalue weighted by Crippen LogP contribution is 2.31. The molecule has 1 aromatic heterocycles. The van der Waals surface area contributed by atoms with E-state index in [0.29, 0.717) is 17.7 Å². The van der Waals surface area contributed by atoms with Gasteiger partial charge in [-0.1, -0.05) is 38.1 Å². The number of allylic oxidation sites excluding steroid dienone is 6. The maximum Gasteiger partial charge on any atom is 0.255 e. The predicted octanol–water partition coefficient (Wildman–Crippen LogP) is 5.33. The van der Waals surface area contributed by atoms with Crippen molar-refractivity contribution in [3.05, 3.63) is 89.5 Å². The average molecular weight is 563 g/mol. The van der Waals surface area contributed by atoms with E-state index in [-0.39, 0.29) is 25.0 Å². The molecule has 0 saturated carbocycles. The van der Waals surface area contributed by atoms with E-state index >= 15 is 0 Å². The molecule has 220 valence electrons. The number of nitrogens with zero attached hydrogens (tertiary/aromatic N) is 2. The fraction of sp³-hybridized carbons (Fsp3) is 0.344. The van der Waals surface area contributed by atoms with Crippen LogP contribution in [0.15, 0.2) is 78.4 Å². The molecule has 2 heterocycles. The molecule has 1 unspecified atom stereocenters. The van der Waals surface area contributed by atoms with E-state index in [0.717, 1.165) is 33.7 Å². The number of hydrogen-bond donors (Lipinski definition) is 3. The molecule has 1 atom stereocenters. The molecule has 2 amide bonds. The molecule has 0 radical (unpaired) electrons. The zero-order chi connectivity index (χ0) is 30.4. The minimum atomic E-state index is -0.692. The third-order valence-corrected chi connectivity index (χ3v) is 6.04. The summed E-state index contributed by atoms with van der Waals surface area (Å²) < 4.78 is 9.81. The first kappa shape index (κ1) is 33.0. The summed E-state index contributed by atoms with van der Waals surface area (Å²) in [5, 5.41) is 15.8. The second-order valence-corrected chi connectivity index (χ2v) is 9.30. The molecule has 3 rings (SSSR count). The topological polar surface area (TPSA) is 113 Å². The Morgan fingerprint density at radius 1 is 1.17 bits per heavy atom. The number of aliphatic hydroxyl groups is 1. The Morgan fingerprint density at radius 2 is 1.93 bits per heavy atom. The third-order valence-electron chi connectivity index (χ3n) is 6.04. The van der Waals surface area contributed by atoms with Gasteiger partial charge < -0.3 is 30.1 Å². The number of benzene rings is 1. The van der Waals surface area contributed by atoms with Crippen LogP contribution in [0.4, 0.5) is 11.5 Å². The van der Waals surface area contributed by atoms with Crippen LogP contribution >= 0.6 is 0 Å². The van der Waals surface area contributed by atoms with Crippen LogP contribution in [0.25, 0.3) is 11.1 Å². The first-order chi connectivity index (χ1) is 19.7. The SMILES string of the molecule is CC.CO/C=C/C=C\C=C(/C)C1=CNc2ncc(-c3ccc(NC(=O)COC)c(C(=O)N(C)CC(C)O)c3)cc2C1. The minimum absolute atomic E-state index is 0.135. The lowest BCUT2D eigenvalue weighted by atomic mass is 9.95. The van der Waals surface area contributed by atoms with Crippen molar-refractivity contribution in [1.82, 2.24) is 9.88 Å². The Labute approximate surface area is 243 Å². The molecular weight excluding hydrogens is 520 g/mol. The van der Waals surface area contributed by atoms with Crippen molar-refractivity contribution in [3.8, 4) is 11.1 Å². The van der Waals surface area contributed by atoms with Crippen LogP contribution in [-0.2, 0) is 20.7 Å². The number of methoxy groups -OCH3 is 2. The van der Waals surface area contributed by atoms with Gasteiger partial charge in [-0.15, -0.1) is 0 Å². The van der Waals surface area contributed by atoms with E-state index in [1.807, 2.05) is 50.4 Å². The van der Waals surface area contributed by atoms with Crippen LogP contribution in [0, 0.1) is 0 Å². The van der Waals surface area contributed by atoms with Crippen molar-refractivity contribution in [2.45, 2.75) is 40.2 Å². The molecule has 3 N–H and O–H groups in total. The molecule has 0 spiro atoms. The van der Waals surface area contributed by atoms with Gasteiger partial charge >= 0.3 is 0 Å². The summed E-state index contributed by atoms with van der Waals surface area (Å²) in [6.07, 6.45) is 13.0. The summed E-state index contributed by atoms with van der Waals surface area (Å²) in [6, 6.07) is 7.34. The third kappa shape index (κ3) is 9.73. The molecule has 0 aliphatic carbocycles. The smallest absolute Gasteiger partial charge is 0.255 e. The van der Waals surface area contributed by atoms with Gasteiger partial charge in [-0.2, -0.15) is 0 Å². The number of rotatable bonds is 11. The summed E-state index contributed by atoms with van der Waals surface area (Å²) in [6.45, 7) is 7.69. The standard InChI is InChI=1S/C30H36N4O5.C2H6/c1-20(9-7-6-8-12-38-4)24-13-23-14-25(17-32-29(23)31-16-24)22-10-11-27(33-28(36)19-39-5)26(15-22)30(37)34(3)18-21(2)35;1-2/h6-12,14-17,21,35H,13,18-19H2,1-5H3,(H,31,32)(H,33,36);1-2H3/b7-6-,12-8+,20-9+;. The number of amides is 2. The zero-order valence-corrected chi connectivity index (χ0v) is 25.0. The lowest BCUT2D eigenvalue weighted by molar-refractivity contribution is -0.119. The molecule has 0 saturated heterocycles. The second-order valence-electron chi connectivity index (χ2n) is 9.30. The molecule has 9 nitrogen and oxygen atoms in total. The fourth-order valence-electron chi connectivity index (χ4n) is 4.10. The van der Waals surface area contributed by atoms with E-state index in [1.165, 1.54) is 12.0 Å². The molecule has 0 bridgehead atoms. The summed E-state index contributed by atoms with van der Waals surface area (Å²) >= 11 is 0. The number of pyridine rings is 1. The lowest BCUT2D eigenvalue weighted by Crippen LogP contribution is -2.33. The van der Waals surface area contributed by atoms with Gasteiger partial charge in [0.2, 0.25) is 5.91 Å². The Balaban J connectivity index is 0.00000287. The van der Waals surface area contributed by atoms with Gasteiger partial charge in [-0.3, -0.25) is 9.59 Å². The van der Waals surface area contributed by atoms with Crippen molar-refractivity contribution in [2.24, 2.45) is 0 Å². The summed E-state index contributed by atoms with van der Waals surface area (Å²) in [5.74, 6) is 0.0917. The van der Waals surface area contributed by atoms with Crippen molar-refractivity contribution < 1.29 is 24.2 Å². The highest BCUT2D eigenvalue weighted by Gasteiger charge is 2.20. The van der Waals surface area contributed by atoms with Gasteiger partial charge in [0.1, 0.15) is 12.4 Å². The van der Waals surface area contributed by atoms with E-state index in [4.69, 9.17) is 9.47 Å². The van der Waals surface area contributed by atoms with Crippen molar-refractivity contribution in [1.29, 1.82) is 0 Å². The summed E-state index contributed by atoms with van der Waals surface area (Å²) in [4.78, 5) is 31.5. The second kappa shape index (κ2) is 16.8. The van der Waals surface area contributed by atoms with Crippen molar-refractivity contribution >= 4 is 23.3 Å². The summed E-state index contributed by atoms with van der Waals surface area (Å²) in [5.41, 5.74) is 5.57. The number of hydrogen-bond acceptors (Lipinski definition) is 7. The molecule has 0 fully saturated rings. The zero-order valence-electron chi connectivity index (χ0n) is 25.0.